The van der Waals surface area contributed by atoms with E-state index < -0.39 is 0 Å². The average Bonchev–Trinajstić information content (AvgIpc) is 2.97. The second-order valence-corrected chi connectivity index (χ2v) is 5.38. The number of benzene rings is 2. The second-order valence-electron chi connectivity index (χ2n) is 5.38. The van der Waals surface area contributed by atoms with Crippen LogP contribution < -0.4 is 9.47 Å². The van der Waals surface area contributed by atoms with Crippen molar-refractivity contribution in [1.29, 1.82) is 0 Å². The molecular weight excluding hydrogens is 306 g/mol. The van der Waals surface area contributed by atoms with Crippen molar-refractivity contribution >= 4 is 16.9 Å². The van der Waals surface area contributed by atoms with Gasteiger partial charge >= 0.3 is 5.97 Å². The molecule has 3 rings (SSSR count). The van der Waals surface area contributed by atoms with Gasteiger partial charge in [-0.3, -0.25) is 0 Å². The van der Waals surface area contributed by atoms with Gasteiger partial charge in [0.2, 0.25) is 0 Å². The van der Waals surface area contributed by atoms with Gasteiger partial charge < -0.3 is 18.8 Å². The SMILES string of the molecule is COC(=O)c1cc2c(OCc3ccccc3)c(OC)ccc2n1C. The molecule has 0 aliphatic heterocycles. The fourth-order valence-corrected chi connectivity index (χ4v) is 2.70. The fourth-order valence-electron chi connectivity index (χ4n) is 2.70. The van der Waals surface area contributed by atoms with Gasteiger partial charge in [0.05, 0.1) is 19.7 Å². The third-order valence-corrected chi connectivity index (χ3v) is 3.98. The first-order chi connectivity index (χ1) is 11.7. The largest absolute Gasteiger partial charge is 0.493 e. The minimum Gasteiger partial charge on any atom is -0.493 e. The smallest absolute Gasteiger partial charge is 0.354 e. The molecule has 124 valence electrons. The Hall–Kier alpha value is -2.95. The van der Waals surface area contributed by atoms with Crippen LogP contribution in [0.4, 0.5) is 0 Å². The molecule has 0 bridgehead atoms. The Morgan fingerprint density at radius 1 is 1.08 bits per heavy atom. The molecule has 2 aromatic carbocycles. The number of methoxy groups -OCH3 is 2. The van der Waals surface area contributed by atoms with E-state index >= 15 is 0 Å². The van der Waals surface area contributed by atoms with Crippen molar-refractivity contribution in [3.8, 4) is 11.5 Å². The first-order valence-electron chi connectivity index (χ1n) is 7.57. The zero-order valence-corrected chi connectivity index (χ0v) is 13.9. The maximum atomic E-state index is 11.9. The molecule has 1 aromatic heterocycles. The molecule has 3 aromatic rings. The van der Waals surface area contributed by atoms with Crippen LogP contribution >= 0.6 is 0 Å². The van der Waals surface area contributed by atoms with E-state index in [1.165, 1.54) is 7.11 Å². The molecule has 24 heavy (non-hydrogen) atoms. The number of carbonyl (C=O) groups is 1. The first-order valence-corrected chi connectivity index (χ1v) is 7.57. The van der Waals surface area contributed by atoms with Crippen molar-refractivity contribution in [1.82, 2.24) is 4.57 Å². The first kappa shape index (κ1) is 15.9. The van der Waals surface area contributed by atoms with Crippen molar-refractivity contribution in [3.05, 3.63) is 59.8 Å². The van der Waals surface area contributed by atoms with Crippen LogP contribution in [0.25, 0.3) is 10.9 Å². The van der Waals surface area contributed by atoms with Gasteiger partial charge in [-0.15, -0.1) is 0 Å². The van der Waals surface area contributed by atoms with E-state index in [0.717, 1.165) is 16.5 Å². The van der Waals surface area contributed by atoms with E-state index in [9.17, 15) is 4.79 Å². The molecule has 5 nitrogen and oxygen atoms in total. The Kier molecular flexibility index (Phi) is 4.42. The molecular formula is C19H19NO4. The van der Waals surface area contributed by atoms with E-state index in [1.54, 1.807) is 17.7 Å². The molecule has 0 radical (unpaired) electrons. The van der Waals surface area contributed by atoms with Crippen LogP contribution in [0.5, 0.6) is 11.5 Å². The van der Waals surface area contributed by atoms with Crippen LogP contribution in [0.2, 0.25) is 0 Å². The summed E-state index contributed by atoms with van der Waals surface area (Å²) in [4.78, 5) is 11.9. The summed E-state index contributed by atoms with van der Waals surface area (Å²) in [5.41, 5.74) is 2.39. The number of ether oxygens (including phenoxy) is 3. The minimum atomic E-state index is -0.387. The number of carbonyl (C=O) groups excluding carboxylic acids is 1. The summed E-state index contributed by atoms with van der Waals surface area (Å²) >= 11 is 0. The number of nitrogens with zero attached hydrogens (tertiary/aromatic N) is 1. The summed E-state index contributed by atoms with van der Waals surface area (Å²) in [5.74, 6) is 0.853. The van der Waals surface area contributed by atoms with E-state index in [0.29, 0.717) is 23.8 Å². The molecule has 0 fully saturated rings. The highest BCUT2D eigenvalue weighted by Crippen LogP contribution is 2.37. The summed E-state index contributed by atoms with van der Waals surface area (Å²) in [5, 5.41) is 0.813. The predicted molar refractivity (Wildman–Crippen MR) is 91.6 cm³/mol. The molecule has 1 heterocycles. The zero-order valence-electron chi connectivity index (χ0n) is 13.9. The summed E-state index contributed by atoms with van der Waals surface area (Å²) in [6.45, 7) is 0.415. The number of aryl methyl sites for hydroxylation is 1. The maximum Gasteiger partial charge on any atom is 0.354 e. The summed E-state index contributed by atoms with van der Waals surface area (Å²) in [7, 11) is 4.79. The third-order valence-electron chi connectivity index (χ3n) is 3.98. The number of esters is 1. The molecule has 0 atom stereocenters. The van der Waals surface area contributed by atoms with Crippen LogP contribution in [0.1, 0.15) is 16.1 Å². The van der Waals surface area contributed by atoms with Gasteiger partial charge in [-0.2, -0.15) is 0 Å². The third kappa shape index (κ3) is 2.80. The highest BCUT2D eigenvalue weighted by Gasteiger charge is 2.19. The lowest BCUT2D eigenvalue weighted by atomic mass is 10.2. The maximum absolute atomic E-state index is 11.9. The van der Waals surface area contributed by atoms with E-state index in [4.69, 9.17) is 14.2 Å². The Balaban J connectivity index is 2.05. The molecule has 0 aliphatic carbocycles. The van der Waals surface area contributed by atoms with Crippen LogP contribution in [0.3, 0.4) is 0 Å². The topological polar surface area (TPSA) is 49.7 Å². The van der Waals surface area contributed by atoms with Crippen LogP contribution in [0, 0.1) is 0 Å². The van der Waals surface area contributed by atoms with Gasteiger partial charge in [-0.25, -0.2) is 4.79 Å². The van der Waals surface area contributed by atoms with Crippen molar-refractivity contribution in [2.75, 3.05) is 14.2 Å². The van der Waals surface area contributed by atoms with Crippen molar-refractivity contribution < 1.29 is 19.0 Å². The molecule has 5 heteroatoms. The monoisotopic (exact) mass is 325 g/mol. The molecule has 0 aliphatic rings. The van der Waals surface area contributed by atoms with Crippen molar-refractivity contribution in [2.45, 2.75) is 6.61 Å². The minimum absolute atomic E-state index is 0.387. The summed E-state index contributed by atoms with van der Waals surface area (Å²) < 4.78 is 18.1. The van der Waals surface area contributed by atoms with E-state index in [-0.39, 0.29) is 5.97 Å². The van der Waals surface area contributed by atoms with Gasteiger partial charge in [0.1, 0.15) is 12.3 Å². The van der Waals surface area contributed by atoms with E-state index in [2.05, 4.69) is 0 Å². The Bertz CT molecular complexity index is 868. The Morgan fingerprint density at radius 3 is 2.50 bits per heavy atom. The molecule has 0 amide bonds. The lowest BCUT2D eigenvalue weighted by Crippen LogP contribution is -2.06. The number of aromatic nitrogens is 1. The van der Waals surface area contributed by atoms with Gasteiger partial charge in [-0.05, 0) is 23.8 Å². The van der Waals surface area contributed by atoms with Gasteiger partial charge in [0, 0.05) is 12.4 Å². The summed E-state index contributed by atoms with van der Waals surface area (Å²) in [6.07, 6.45) is 0. The van der Waals surface area contributed by atoms with Crippen molar-refractivity contribution in [3.63, 3.8) is 0 Å². The Labute approximate surface area is 140 Å². The molecule has 0 saturated carbocycles. The zero-order chi connectivity index (χ0) is 17.1. The van der Waals surface area contributed by atoms with Gasteiger partial charge in [-0.1, -0.05) is 30.3 Å². The molecule has 0 unspecified atom stereocenters. The van der Waals surface area contributed by atoms with E-state index in [1.807, 2.05) is 49.5 Å². The lowest BCUT2D eigenvalue weighted by Gasteiger charge is -2.12. The highest BCUT2D eigenvalue weighted by atomic mass is 16.5. The standard InChI is InChI=1S/C19H19NO4/c1-20-15-9-10-17(22-2)18(14(15)11-16(20)19(21)23-3)24-12-13-7-5-4-6-8-13/h4-11H,12H2,1-3H3. The number of hydrogen-bond donors (Lipinski definition) is 0. The summed E-state index contributed by atoms with van der Waals surface area (Å²) in [6, 6.07) is 15.4. The number of rotatable bonds is 5. The highest BCUT2D eigenvalue weighted by molar-refractivity contribution is 5.98. The average molecular weight is 325 g/mol. The molecule has 0 saturated heterocycles. The Morgan fingerprint density at radius 2 is 1.83 bits per heavy atom. The van der Waals surface area contributed by atoms with Crippen LogP contribution in [0.15, 0.2) is 48.5 Å². The van der Waals surface area contributed by atoms with Gasteiger partial charge in [0.25, 0.3) is 0 Å². The van der Waals surface area contributed by atoms with Crippen molar-refractivity contribution in [2.24, 2.45) is 7.05 Å². The molecule has 0 spiro atoms. The molecule has 0 N–H and O–H groups in total. The van der Waals surface area contributed by atoms with Gasteiger partial charge in [0.15, 0.2) is 11.5 Å². The predicted octanol–water partition coefficient (Wildman–Crippen LogP) is 3.55. The van der Waals surface area contributed by atoms with Crippen LogP contribution in [-0.4, -0.2) is 24.8 Å². The lowest BCUT2D eigenvalue weighted by molar-refractivity contribution is 0.0590. The normalized spacial score (nSPS) is 10.6. The number of fused-ring (bicyclic) bond motifs is 1. The second kappa shape index (κ2) is 6.66. The fraction of sp³-hybridized carbons (Fsp3) is 0.211. The number of hydrogen-bond acceptors (Lipinski definition) is 4. The quantitative estimate of drug-likeness (QED) is 0.673. The van der Waals surface area contributed by atoms with Crippen LogP contribution in [-0.2, 0) is 18.4 Å².